The van der Waals surface area contributed by atoms with Crippen molar-refractivity contribution in [3.63, 3.8) is 0 Å². The lowest BCUT2D eigenvalue weighted by molar-refractivity contribution is 0.0949. The molecule has 1 N–H and O–H groups in total. The number of thiazole rings is 1. The van der Waals surface area contributed by atoms with Gasteiger partial charge in [-0.15, -0.1) is 16.4 Å². The van der Waals surface area contributed by atoms with Crippen LogP contribution < -0.4 is 10.1 Å². The first kappa shape index (κ1) is 16.1. The van der Waals surface area contributed by atoms with Crippen LogP contribution in [0.15, 0.2) is 41.4 Å². The molecule has 0 radical (unpaired) electrons. The van der Waals surface area contributed by atoms with Gasteiger partial charge in [0.15, 0.2) is 5.69 Å². The number of nitrogens with zero attached hydrogens (tertiary/aromatic N) is 4. The number of hydrogen-bond acceptors (Lipinski definition) is 6. The van der Waals surface area contributed by atoms with Crippen LogP contribution in [-0.2, 0) is 13.0 Å². The molecule has 1 aromatic carbocycles. The van der Waals surface area contributed by atoms with Crippen LogP contribution in [0.4, 0.5) is 0 Å². The summed E-state index contributed by atoms with van der Waals surface area (Å²) in [4.78, 5) is 16.2. The minimum absolute atomic E-state index is 0.230. The van der Waals surface area contributed by atoms with Gasteiger partial charge < -0.3 is 10.1 Å². The maximum absolute atomic E-state index is 12.1. The van der Waals surface area contributed by atoms with Crippen LogP contribution in [0.25, 0.3) is 0 Å². The molecule has 0 bridgehead atoms. The van der Waals surface area contributed by atoms with E-state index in [4.69, 9.17) is 4.74 Å². The van der Waals surface area contributed by atoms with E-state index in [1.165, 1.54) is 0 Å². The first-order chi connectivity index (χ1) is 11.7. The molecule has 7 nitrogen and oxygen atoms in total. The van der Waals surface area contributed by atoms with Gasteiger partial charge in [0.2, 0.25) is 0 Å². The molecule has 8 heteroatoms. The maximum Gasteiger partial charge on any atom is 0.273 e. The molecule has 0 unspecified atom stereocenters. The highest BCUT2D eigenvalue weighted by Gasteiger charge is 2.10. The average molecular weight is 343 g/mol. The van der Waals surface area contributed by atoms with Gasteiger partial charge in [0, 0.05) is 18.3 Å². The summed E-state index contributed by atoms with van der Waals surface area (Å²) < 4.78 is 6.76. The van der Waals surface area contributed by atoms with Gasteiger partial charge in [0.05, 0.1) is 31.1 Å². The molecule has 0 saturated heterocycles. The second-order valence-electron chi connectivity index (χ2n) is 5.14. The number of ether oxygens (including phenoxy) is 1. The van der Waals surface area contributed by atoms with Crippen molar-refractivity contribution in [2.24, 2.45) is 0 Å². The Morgan fingerprint density at radius 1 is 1.33 bits per heavy atom. The largest absolute Gasteiger partial charge is 0.497 e. The van der Waals surface area contributed by atoms with E-state index < -0.39 is 0 Å². The third-order valence-electron chi connectivity index (χ3n) is 3.43. The predicted molar refractivity (Wildman–Crippen MR) is 90.3 cm³/mol. The zero-order chi connectivity index (χ0) is 16.8. The van der Waals surface area contributed by atoms with Crippen LogP contribution in [0.2, 0.25) is 0 Å². The SMILES string of the molecule is COc1ccc(Cn2cc(C(=O)NCCc3cscn3)nn2)cc1. The Morgan fingerprint density at radius 2 is 2.17 bits per heavy atom. The Kier molecular flexibility index (Phi) is 5.17. The fraction of sp³-hybridized carbons (Fsp3) is 0.250. The fourth-order valence-electron chi connectivity index (χ4n) is 2.15. The molecule has 2 heterocycles. The smallest absolute Gasteiger partial charge is 0.273 e. The summed E-state index contributed by atoms with van der Waals surface area (Å²) in [7, 11) is 1.63. The van der Waals surface area contributed by atoms with Crippen molar-refractivity contribution in [1.29, 1.82) is 0 Å². The molecule has 24 heavy (non-hydrogen) atoms. The van der Waals surface area contributed by atoms with E-state index in [1.54, 1.807) is 34.8 Å². The molecule has 0 aliphatic heterocycles. The minimum atomic E-state index is -0.230. The number of amides is 1. The Balaban J connectivity index is 1.53. The zero-order valence-electron chi connectivity index (χ0n) is 13.2. The van der Waals surface area contributed by atoms with E-state index in [2.05, 4.69) is 20.6 Å². The van der Waals surface area contributed by atoms with Crippen molar-refractivity contribution in [1.82, 2.24) is 25.3 Å². The van der Waals surface area contributed by atoms with E-state index in [0.717, 1.165) is 17.0 Å². The van der Waals surface area contributed by atoms with Crippen molar-refractivity contribution >= 4 is 17.2 Å². The lowest BCUT2D eigenvalue weighted by Crippen LogP contribution is -2.26. The summed E-state index contributed by atoms with van der Waals surface area (Å²) in [6, 6.07) is 7.68. The van der Waals surface area contributed by atoms with Crippen LogP contribution in [-0.4, -0.2) is 39.5 Å². The molecule has 0 aliphatic rings. The molecule has 2 aromatic heterocycles. The van der Waals surface area contributed by atoms with Crippen LogP contribution >= 0.6 is 11.3 Å². The van der Waals surface area contributed by atoms with Gasteiger partial charge in [0.25, 0.3) is 5.91 Å². The number of carbonyl (C=O) groups is 1. The molecule has 0 aliphatic carbocycles. The van der Waals surface area contributed by atoms with Gasteiger partial charge in [-0.1, -0.05) is 17.3 Å². The number of rotatable bonds is 7. The monoisotopic (exact) mass is 343 g/mol. The highest BCUT2D eigenvalue weighted by atomic mass is 32.1. The zero-order valence-corrected chi connectivity index (χ0v) is 14.0. The van der Waals surface area contributed by atoms with Gasteiger partial charge in [-0.05, 0) is 17.7 Å². The van der Waals surface area contributed by atoms with E-state index in [-0.39, 0.29) is 5.91 Å². The second-order valence-corrected chi connectivity index (χ2v) is 5.85. The second kappa shape index (κ2) is 7.69. The summed E-state index contributed by atoms with van der Waals surface area (Å²) in [6.07, 6.45) is 2.34. The highest BCUT2D eigenvalue weighted by Crippen LogP contribution is 2.12. The lowest BCUT2D eigenvalue weighted by atomic mass is 10.2. The average Bonchev–Trinajstić information content (AvgIpc) is 3.27. The molecular weight excluding hydrogens is 326 g/mol. The van der Waals surface area contributed by atoms with Crippen molar-refractivity contribution in [2.45, 2.75) is 13.0 Å². The topological polar surface area (TPSA) is 81.9 Å². The Labute approximate surface area is 143 Å². The summed E-state index contributed by atoms with van der Waals surface area (Å²) in [5, 5.41) is 12.7. The summed E-state index contributed by atoms with van der Waals surface area (Å²) in [5.41, 5.74) is 4.11. The molecule has 0 spiro atoms. The Morgan fingerprint density at radius 3 is 2.88 bits per heavy atom. The van der Waals surface area contributed by atoms with Crippen LogP contribution in [0.3, 0.4) is 0 Å². The predicted octanol–water partition coefficient (Wildman–Crippen LogP) is 1.76. The molecule has 0 atom stereocenters. The van der Waals surface area contributed by atoms with E-state index in [0.29, 0.717) is 25.2 Å². The summed E-state index contributed by atoms with van der Waals surface area (Å²) in [6.45, 7) is 1.07. The minimum Gasteiger partial charge on any atom is -0.497 e. The van der Waals surface area contributed by atoms with Crippen LogP contribution in [0, 0.1) is 0 Å². The standard InChI is InChI=1S/C16H17N5O2S/c1-23-14-4-2-12(3-5-14)8-21-9-15(19-20-21)16(22)17-7-6-13-10-24-11-18-13/h2-5,9-11H,6-8H2,1H3,(H,17,22). The van der Waals surface area contributed by atoms with E-state index >= 15 is 0 Å². The van der Waals surface area contributed by atoms with Crippen molar-refractivity contribution < 1.29 is 9.53 Å². The normalized spacial score (nSPS) is 10.5. The maximum atomic E-state index is 12.1. The number of hydrogen-bond donors (Lipinski definition) is 1. The van der Waals surface area contributed by atoms with E-state index in [1.807, 2.05) is 29.6 Å². The first-order valence-electron chi connectivity index (χ1n) is 7.43. The Hall–Kier alpha value is -2.74. The molecule has 1 amide bonds. The lowest BCUT2D eigenvalue weighted by Gasteiger charge is -2.03. The van der Waals surface area contributed by atoms with Gasteiger partial charge in [0.1, 0.15) is 5.75 Å². The van der Waals surface area contributed by atoms with Gasteiger partial charge in [-0.25, -0.2) is 9.67 Å². The van der Waals surface area contributed by atoms with Crippen LogP contribution in [0.5, 0.6) is 5.75 Å². The Bertz CT molecular complexity index is 783. The molecular formula is C16H17N5O2S. The fourth-order valence-corrected chi connectivity index (χ4v) is 2.75. The first-order valence-corrected chi connectivity index (χ1v) is 8.37. The van der Waals surface area contributed by atoms with Crippen molar-refractivity contribution in [3.8, 4) is 5.75 Å². The van der Waals surface area contributed by atoms with Crippen molar-refractivity contribution in [3.05, 3.63) is 58.3 Å². The molecule has 124 valence electrons. The van der Waals surface area contributed by atoms with Gasteiger partial charge in [-0.2, -0.15) is 0 Å². The number of aromatic nitrogens is 4. The molecule has 3 aromatic rings. The summed E-state index contributed by atoms with van der Waals surface area (Å²) in [5.74, 6) is 0.573. The van der Waals surface area contributed by atoms with E-state index in [9.17, 15) is 4.79 Å². The highest BCUT2D eigenvalue weighted by molar-refractivity contribution is 7.07. The summed E-state index contributed by atoms with van der Waals surface area (Å²) >= 11 is 1.54. The molecule has 0 saturated carbocycles. The van der Waals surface area contributed by atoms with Gasteiger partial charge in [-0.3, -0.25) is 4.79 Å². The number of methoxy groups -OCH3 is 1. The van der Waals surface area contributed by atoms with Gasteiger partial charge >= 0.3 is 0 Å². The quantitative estimate of drug-likeness (QED) is 0.707. The molecule has 0 fully saturated rings. The van der Waals surface area contributed by atoms with Crippen LogP contribution in [0.1, 0.15) is 21.7 Å². The number of nitrogens with one attached hydrogen (secondary N) is 1. The number of carbonyl (C=O) groups excluding carboxylic acids is 1. The molecule has 3 rings (SSSR count). The van der Waals surface area contributed by atoms with Crippen molar-refractivity contribution in [2.75, 3.05) is 13.7 Å². The third-order valence-corrected chi connectivity index (χ3v) is 4.06. The third kappa shape index (κ3) is 4.17. The number of benzene rings is 1.